The molecule has 0 aromatic heterocycles. The first-order valence-corrected chi connectivity index (χ1v) is 8.24. The standard InChI is InChI=1S/C20H24N2O3/c1-15-5-4-6-18(13-15)25-12-11-19(23)22(3)14-16-7-9-17(10-8-16)20(24)21-2/h4-10,13H,11-12,14H2,1-3H3,(H,21,24). The second-order valence-corrected chi connectivity index (χ2v) is 5.94. The fraction of sp³-hybridized carbons (Fsp3) is 0.300. The summed E-state index contributed by atoms with van der Waals surface area (Å²) in [4.78, 5) is 25.4. The van der Waals surface area contributed by atoms with Crippen LogP contribution in [0.15, 0.2) is 48.5 Å². The van der Waals surface area contributed by atoms with Gasteiger partial charge in [-0.05, 0) is 42.3 Å². The molecule has 0 heterocycles. The van der Waals surface area contributed by atoms with Crippen LogP contribution < -0.4 is 10.1 Å². The van der Waals surface area contributed by atoms with Crippen molar-refractivity contribution in [3.8, 4) is 5.75 Å². The van der Waals surface area contributed by atoms with Crippen molar-refractivity contribution in [3.63, 3.8) is 0 Å². The van der Waals surface area contributed by atoms with E-state index in [2.05, 4.69) is 5.32 Å². The molecule has 2 amide bonds. The lowest BCUT2D eigenvalue weighted by Gasteiger charge is -2.17. The number of hydrogen-bond donors (Lipinski definition) is 1. The summed E-state index contributed by atoms with van der Waals surface area (Å²) < 4.78 is 5.62. The molecule has 0 bridgehead atoms. The van der Waals surface area contributed by atoms with Gasteiger partial charge in [-0.25, -0.2) is 0 Å². The lowest BCUT2D eigenvalue weighted by atomic mass is 10.1. The van der Waals surface area contributed by atoms with Crippen LogP contribution in [0.2, 0.25) is 0 Å². The van der Waals surface area contributed by atoms with Crippen LogP contribution in [0.3, 0.4) is 0 Å². The molecule has 1 N–H and O–H groups in total. The molecule has 0 saturated heterocycles. The zero-order valence-corrected chi connectivity index (χ0v) is 14.9. The third-order valence-electron chi connectivity index (χ3n) is 3.86. The average molecular weight is 340 g/mol. The van der Waals surface area contributed by atoms with Gasteiger partial charge in [-0.2, -0.15) is 0 Å². The van der Waals surface area contributed by atoms with E-state index in [0.29, 0.717) is 25.1 Å². The van der Waals surface area contributed by atoms with Gasteiger partial charge < -0.3 is 15.0 Å². The smallest absolute Gasteiger partial charge is 0.251 e. The number of aryl methyl sites for hydroxylation is 1. The van der Waals surface area contributed by atoms with Crippen LogP contribution in [0, 0.1) is 6.92 Å². The molecule has 0 aliphatic rings. The molecule has 0 atom stereocenters. The number of ether oxygens (including phenoxy) is 1. The molecule has 2 aromatic carbocycles. The van der Waals surface area contributed by atoms with Crippen molar-refractivity contribution in [2.75, 3.05) is 20.7 Å². The molecule has 0 aliphatic carbocycles. The van der Waals surface area contributed by atoms with E-state index in [1.807, 2.05) is 43.3 Å². The SMILES string of the molecule is CNC(=O)c1ccc(CN(C)C(=O)CCOc2cccc(C)c2)cc1. The fourth-order valence-electron chi connectivity index (χ4n) is 2.42. The monoisotopic (exact) mass is 340 g/mol. The molecule has 0 aliphatic heterocycles. The van der Waals surface area contributed by atoms with E-state index in [1.54, 1.807) is 31.1 Å². The number of hydrogen-bond acceptors (Lipinski definition) is 3. The number of carbonyl (C=O) groups is 2. The Morgan fingerprint density at radius 3 is 2.48 bits per heavy atom. The van der Waals surface area contributed by atoms with Gasteiger partial charge in [0, 0.05) is 26.2 Å². The molecule has 5 nitrogen and oxygen atoms in total. The molecule has 2 rings (SSSR count). The van der Waals surface area contributed by atoms with Gasteiger partial charge in [0.25, 0.3) is 5.91 Å². The molecule has 25 heavy (non-hydrogen) atoms. The van der Waals surface area contributed by atoms with Crippen LogP contribution in [0.25, 0.3) is 0 Å². The summed E-state index contributed by atoms with van der Waals surface area (Å²) >= 11 is 0. The predicted octanol–water partition coefficient (Wildman–Crippen LogP) is 2.78. The van der Waals surface area contributed by atoms with E-state index < -0.39 is 0 Å². The highest BCUT2D eigenvalue weighted by molar-refractivity contribution is 5.93. The molecular weight excluding hydrogens is 316 g/mol. The Kier molecular flexibility index (Phi) is 6.57. The van der Waals surface area contributed by atoms with Crippen LogP contribution in [-0.4, -0.2) is 37.4 Å². The maximum Gasteiger partial charge on any atom is 0.251 e. The highest BCUT2D eigenvalue weighted by Gasteiger charge is 2.10. The molecule has 0 unspecified atom stereocenters. The lowest BCUT2D eigenvalue weighted by molar-refractivity contribution is -0.130. The minimum atomic E-state index is -0.121. The maximum atomic E-state index is 12.2. The van der Waals surface area contributed by atoms with E-state index in [0.717, 1.165) is 16.9 Å². The van der Waals surface area contributed by atoms with E-state index >= 15 is 0 Å². The normalized spacial score (nSPS) is 10.2. The fourth-order valence-corrected chi connectivity index (χ4v) is 2.42. The van der Waals surface area contributed by atoms with E-state index in [-0.39, 0.29) is 11.8 Å². The molecule has 5 heteroatoms. The highest BCUT2D eigenvalue weighted by atomic mass is 16.5. The van der Waals surface area contributed by atoms with Crippen molar-refractivity contribution in [2.45, 2.75) is 19.9 Å². The number of nitrogens with zero attached hydrogens (tertiary/aromatic N) is 1. The molecule has 0 fully saturated rings. The first-order valence-electron chi connectivity index (χ1n) is 8.24. The van der Waals surface area contributed by atoms with Gasteiger partial charge in [-0.3, -0.25) is 9.59 Å². The minimum Gasteiger partial charge on any atom is -0.493 e. The molecular formula is C20H24N2O3. The molecule has 0 spiro atoms. The Hall–Kier alpha value is -2.82. The van der Waals surface area contributed by atoms with Crippen molar-refractivity contribution < 1.29 is 14.3 Å². The third-order valence-corrected chi connectivity index (χ3v) is 3.86. The molecule has 0 saturated carbocycles. The Balaban J connectivity index is 1.80. The third kappa shape index (κ3) is 5.64. The lowest BCUT2D eigenvalue weighted by Crippen LogP contribution is -2.27. The van der Waals surface area contributed by atoms with Gasteiger partial charge in [-0.15, -0.1) is 0 Å². The Bertz CT molecular complexity index is 726. The van der Waals surface area contributed by atoms with Gasteiger partial charge in [0.2, 0.25) is 5.91 Å². The minimum absolute atomic E-state index is 0.0167. The van der Waals surface area contributed by atoms with Crippen molar-refractivity contribution in [1.29, 1.82) is 0 Å². The van der Waals surface area contributed by atoms with Crippen molar-refractivity contribution >= 4 is 11.8 Å². The maximum absolute atomic E-state index is 12.2. The highest BCUT2D eigenvalue weighted by Crippen LogP contribution is 2.13. The summed E-state index contributed by atoms with van der Waals surface area (Å²) in [6, 6.07) is 15.0. The summed E-state index contributed by atoms with van der Waals surface area (Å²) in [5.41, 5.74) is 2.70. The van der Waals surface area contributed by atoms with Crippen LogP contribution in [0.1, 0.15) is 27.9 Å². The second-order valence-electron chi connectivity index (χ2n) is 5.94. The number of nitrogens with one attached hydrogen (secondary N) is 1. The van der Waals surface area contributed by atoms with E-state index in [9.17, 15) is 9.59 Å². The van der Waals surface area contributed by atoms with Gasteiger partial charge in [0.15, 0.2) is 0 Å². The van der Waals surface area contributed by atoms with Crippen LogP contribution in [0.5, 0.6) is 5.75 Å². The van der Waals surface area contributed by atoms with Crippen molar-refractivity contribution in [3.05, 3.63) is 65.2 Å². The van der Waals surface area contributed by atoms with Crippen LogP contribution in [-0.2, 0) is 11.3 Å². The van der Waals surface area contributed by atoms with Gasteiger partial charge in [-0.1, -0.05) is 24.3 Å². The number of rotatable bonds is 7. The second kappa shape index (κ2) is 8.87. The van der Waals surface area contributed by atoms with Crippen LogP contribution >= 0.6 is 0 Å². The zero-order valence-electron chi connectivity index (χ0n) is 14.9. The first kappa shape index (κ1) is 18.5. The van der Waals surface area contributed by atoms with Gasteiger partial charge >= 0.3 is 0 Å². The van der Waals surface area contributed by atoms with Gasteiger partial charge in [0.05, 0.1) is 13.0 Å². The number of amides is 2. The summed E-state index contributed by atoms with van der Waals surface area (Å²) in [5, 5.41) is 2.58. The molecule has 132 valence electrons. The summed E-state index contributed by atoms with van der Waals surface area (Å²) in [6.07, 6.45) is 0.320. The zero-order chi connectivity index (χ0) is 18.2. The number of benzene rings is 2. The first-order chi connectivity index (χ1) is 12.0. The predicted molar refractivity (Wildman–Crippen MR) is 97.6 cm³/mol. The topological polar surface area (TPSA) is 58.6 Å². The Labute approximate surface area is 148 Å². The summed E-state index contributed by atoms with van der Waals surface area (Å²) in [6.45, 7) is 2.85. The molecule has 0 radical (unpaired) electrons. The van der Waals surface area contributed by atoms with E-state index in [4.69, 9.17) is 4.74 Å². The Morgan fingerprint density at radius 2 is 1.84 bits per heavy atom. The molecule has 2 aromatic rings. The number of carbonyl (C=O) groups excluding carboxylic acids is 2. The van der Waals surface area contributed by atoms with Crippen molar-refractivity contribution in [2.24, 2.45) is 0 Å². The average Bonchev–Trinajstić information content (AvgIpc) is 2.61. The summed E-state index contributed by atoms with van der Waals surface area (Å²) in [7, 11) is 3.36. The largest absolute Gasteiger partial charge is 0.493 e. The quantitative estimate of drug-likeness (QED) is 0.843. The summed E-state index contributed by atoms with van der Waals surface area (Å²) in [5.74, 6) is 0.674. The van der Waals surface area contributed by atoms with Gasteiger partial charge in [0.1, 0.15) is 5.75 Å². The van der Waals surface area contributed by atoms with E-state index in [1.165, 1.54) is 0 Å². The van der Waals surface area contributed by atoms with Crippen LogP contribution in [0.4, 0.5) is 0 Å². The van der Waals surface area contributed by atoms with Crippen molar-refractivity contribution in [1.82, 2.24) is 10.2 Å². The Morgan fingerprint density at radius 1 is 1.12 bits per heavy atom.